The highest BCUT2D eigenvalue weighted by molar-refractivity contribution is 6.04. The zero-order chi connectivity index (χ0) is 35.7. The van der Waals surface area contributed by atoms with Crippen LogP contribution in [0.1, 0.15) is 148 Å². The first-order valence-electron chi connectivity index (χ1n) is 18.7. The molecule has 0 saturated carbocycles. The van der Waals surface area contributed by atoms with Crippen LogP contribution in [0, 0.1) is 48.4 Å². The molecule has 0 bridgehead atoms. The number of hydrogen-bond acceptors (Lipinski definition) is 3. The highest BCUT2D eigenvalue weighted by Gasteiger charge is 1.94. The van der Waals surface area contributed by atoms with E-state index in [1.807, 2.05) is 24.3 Å². The fraction of sp³-hybridized carbons (Fsp3) is 0.522. The lowest BCUT2D eigenvalue weighted by Crippen LogP contribution is -1.96. The van der Waals surface area contributed by atoms with Gasteiger partial charge in [0.15, 0.2) is 6.10 Å². The third-order valence-corrected chi connectivity index (χ3v) is 7.65. The second kappa shape index (κ2) is 38.4. The lowest BCUT2D eigenvalue weighted by atomic mass is 10.0. The van der Waals surface area contributed by atoms with Crippen LogP contribution in [-0.4, -0.2) is 22.8 Å². The number of unbranched alkanes of at least 4 members (excludes halogenated alkanes) is 18. The summed E-state index contributed by atoms with van der Waals surface area (Å²) < 4.78 is 0. The van der Waals surface area contributed by atoms with Gasteiger partial charge in [0, 0.05) is 6.42 Å². The van der Waals surface area contributed by atoms with Gasteiger partial charge in [-0.3, -0.25) is 9.59 Å². The van der Waals surface area contributed by atoms with E-state index in [4.69, 9.17) is 12.8 Å². The molecule has 0 fully saturated rings. The third kappa shape index (κ3) is 38.3. The molecule has 0 aliphatic carbocycles. The van der Waals surface area contributed by atoms with E-state index in [2.05, 4.69) is 72.0 Å². The maximum Gasteiger partial charge on any atom is 0.228 e. The van der Waals surface area contributed by atoms with Crippen LogP contribution < -0.4 is 0 Å². The number of rotatable bonds is 29. The predicted octanol–water partition coefficient (Wildman–Crippen LogP) is 11.1. The maximum absolute atomic E-state index is 11.0. The molecule has 3 heteroatoms. The van der Waals surface area contributed by atoms with Crippen molar-refractivity contribution in [3.63, 3.8) is 0 Å². The Balaban J connectivity index is 3.57. The first-order chi connectivity index (χ1) is 24.1. The molecule has 1 atom stereocenters. The Hall–Kier alpha value is -4.02. The fourth-order valence-electron chi connectivity index (χ4n) is 4.84. The summed E-state index contributed by atoms with van der Waals surface area (Å²) in [6.07, 6.45) is 59.2. The van der Waals surface area contributed by atoms with Crippen molar-refractivity contribution in [2.24, 2.45) is 0 Å². The number of terminal acetylenes is 2. The second-order valence-electron chi connectivity index (χ2n) is 12.1. The van der Waals surface area contributed by atoms with Gasteiger partial charge >= 0.3 is 0 Å². The smallest absolute Gasteiger partial charge is 0.228 e. The molecular formula is C46H62O3. The highest BCUT2D eigenvalue weighted by Crippen LogP contribution is 2.13. The van der Waals surface area contributed by atoms with Crippen molar-refractivity contribution in [1.82, 2.24) is 0 Å². The Bertz CT molecular complexity index is 1230. The summed E-state index contributed by atoms with van der Waals surface area (Å²) in [6, 6.07) is 0. The monoisotopic (exact) mass is 662 g/mol. The molecule has 0 heterocycles. The van der Waals surface area contributed by atoms with Crippen molar-refractivity contribution >= 4 is 11.6 Å². The zero-order valence-corrected chi connectivity index (χ0v) is 30.2. The number of hydrogen-bond donors (Lipinski definition) is 1. The molecule has 3 nitrogen and oxygen atoms in total. The average molecular weight is 663 g/mol. The molecular weight excluding hydrogens is 601 g/mol. The molecule has 0 radical (unpaired) electrons. The molecule has 0 saturated heterocycles. The number of carbonyl (C=O) groups excluding carboxylic acids is 2. The molecule has 0 aromatic heterocycles. The van der Waals surface area contributed by atoms with Gasteiger partial charge in [-0.25, -0.2) is 0 Å². The average Bonchev–Trinajstić information content (AvgIpc) is 3.11. The van der Waals surface area contributed by atoms with E-state index in [1.54, 1.807) is 0 Å². The van der Waals surface area contributed by atoms with Crippen molar-refractivity contribution in [2.75, 3.05) is 0 Å². The predicted molar refractivity (Wildman–Crippen MR) is 210 cm³/mol. The molecule has 49 heavy (non-hydrogen) atoms. The summed E-state index contributed by atoms with van der Waals surface area (Å²) in [4.78, 5) is 21.9. The molecule has 0 aromatic rings. The minimum atomic E-state index is -0.896. The fourth-order valence-corrected chi connectivity index (χ4v) is 4.84. The highest BCUT2D eigenvalue weighted by atomic mass is 16.3. The van der Waals surface area contributed by atoms with E-state index >= 15 is 0 Å². The summed E-state index contributed by atoms with van der Waals surface area (Å²) in [5.74, 6) is 15.1. The van der Waals surface area contributed by atoms with Gasteiger partial charge in [-0.05, 0) is 114 Å². The Morgan fingerprint density at radius 1 is 0.469 bits per heavy atom. The van der Waals surface area contributed by atoms with Crippen LogP contribution in [0.2, 0.25) is 0 Å². The number of ketones is 2. The van der Waals surface area contributed by atoms with Gasteiger partial charge in [-0.2, -0.15) is 0 Å². The number of allylic oxidation sites excluding steroid dienone is 12. The van der Waals surface area contributed by atoms with Crippen LogP contribution in [0.5, 0.6) is 0 Å². The summed E-state index contributed by atoms with van der Waals surface area (Å²) in [6.45, 7) is 0. The van der Waals surface area contributed by atoms with E-state index in [9.17, 15) is 14.7 Å². The first-order valence-corrected chi connectivity index (χ1v) is 18.7. The Morgan fingerprint density at radius 2 is 0.837 bits per heavy atom. The van der Waals surface area contributed by atoms with Crippen molar-refractivity contribution in [2.45, 2.75) is 154 Å². The van der Waals surface area contributed by atoms with Gasteiger partial charge in [0.05, 0.1) is 0 Å². The van der Waals surface area contributed by atoms with E-state index in [0.717, 1.165) is 83.5 Å². The van der Waals surface area contributed by atoms with E-state index in [1.165, 1.54) is 76.4 Å². The van der Waals surface area contributed by atoms with Gasteiger partial charge < -0.3 is 5.11 Å². The third-order valence-electron chi connectivity index (χ3n) is 7.65. The Labute approximate surface area is 300 Å². The minimum Gasteiger partial charge on any atom is -0.369 e. The summed E-state index contributed by atoms with van der Waals surface area (Å²) in [5.41, 5.74) is 0. The SMILES string of the molecule is C#CC(=O)/C=C/CC/C=C\CCCC/C=C\CCC#CC(O)C#C/C=C/CC/C=C\CCCCCCCCCCCCC/C=C/C(=O)C#C. The van der Waals surface area contributed by atoms with Gasteiger partial charge in [-0.1, -0.05) is 136 Å². The van der Waals surface area contributed by atoms with Gasteiger partial charge in [0.1, 0.15) is 0 Å². The van der Waals surface area contributed by atoms with Crippen LogP contribution >= 0.6 is 0 Å². The van der Waals surface area contributed by atoms with Gasteiger partial charge in [0.2, 0.25) is 11.6 Å². The lowest BCUT2D eigenvalue weighted by molar-refractivity contribution is -0.110. The Morgan fingerprint density at radius 3 is 1.35 bits per heavy atom. The zero-order valence-electron chi connectivity index (χ0n) is 30.2. The molecule has 0 spiro atoms. The number of carbonyl (C=O) groups is 2. The van der Waals surface area contributed by atoms with E-state index in [-0.39, 0.29) is 11.6 Å². The van der Waals surface area contributed by atoms with Crippen molar-refractivity contribution in [1.29, 1.82) is 0 Å². The normalized spacial score (nSPS) is 12.1. The molecule has 1 unspecified atom stereocenters. The molecule has 0 aromatic carbocycles. The Kier molecular flexibility index (Phi) is 35.3. The summed E-state index contributed by atoms with van der Waals surface area (Å²) in [7, 11) is 0. The summed E-state index contributed by atoms with van der Waals surface area (Å²) in [5, 5.41) is 9.92. The molecule has 1 N–H and O–H groups in total. The van der Waals surface area contributed by atoms with Gasteiger partial charge in [0.25, 0.3) is 0 Å². The lowest BCUT2D eigenvalue weighted by Gasteiger charge is -2.02. The molecule has 0 rings (SSSR count). The molecule has 0 aliphatic heterocycles. The van der Waals surface area contributed by atoms with Crippen LogP contribution in [-0.2, 0) is 9.59 Å². The second-order valence-corrected chi connectivity index (χ2v) is 12.1. The van der Waals surface area contributed by atoms with Crippen LogP contribution in [0.25, 0.3) is 0 Å². The van der Waals surface area contributed by atoms with Crippen LogP contribution in [0.3, 0.4) is 0 Å². The topological polar surface area (TPSA) is 54.4 Å². The van der Waals surface area contributed by atoms with Crippen molar-refractivity contribution in [3.05, 3.63) is 72.9 Å². The number of aliphatic hydroxyl groups excluding tert-OH is 1. The molecule has 0 aliphatic rings. The number of aliphatic hydroxyl groups is 1. The maximum atomic E-state index is 11.0. The minimum absolute atomic E-state index is 0.236. The summed E-state index contributed by atoms with van der Waals surface area (Å²) >= 11 is 0. The van der Waals surface area contributed by atoms with Gasteiger partial charge in [-0.15, -0.1) is 12.8 Å². The van der Waals surface area contributed by atoms with Crippen LogP contribution in [0.4, 0.5) is 0 Å². The molecule has 0 amide bonds. The van der Waals surface area contributed by atoms with E-state index < -0.39 is 6.10 Å². The largest absolute Gasteiger partial charge is 0.369 e. The quantitative estimate of drug-likeness (QED) is 0.0285. The molecule has 264 valence electrons. The standard InChI is InChI=1S/C46H62O3/c1-3-44(47)40-36-32-28-24-20-16-12-10-8-6-5-7-9-11-13-18-22-26-30-34-38-42-46(49)43-39-35-31-27-23-19-15-14-17-21-25-29-33-37-41-45(48)4-2/h1-2,13,18,21,23,25,27,30,34,36-37,40-41,46,49H,5-12,14-17,19-20,22,24,26,28-29,31-33,35H2/b18-13-,25-21-,27-23-,34-30+,40-36+,41-37+. The van der Waals surface area contributed by atoms with Crippen molar-refractivity contribution < 1.29 is 14.7 Å². The van der Waals surface area contributed by atoms with Crippen molar-refractivity contribution in [3.8, 4) is 48.4 Å². The van der Waals surface area contributed by atoms with E-state index in [0.29, 0.717) is 0 Å². The first kappa shape index (κ1) is 45.0. The van der Waals surface area contributed by atoms with Crippen LogP contribution in [0.15, 0.2) is 72.9 Å².